The first-order valence-corrected chi connectivity index (χ1v) is 10.4. The third-order valence-corrected chi connectivity index (χ3v) is 5.53. The van der Waals surface area contributed by atoms with Gasteiger partial charge in [0.1, 0.15) is 6.04 Å². The number of imide groups is 1. The molecule has 1 aliphatic rings. The van der Waals surface area contributed by atoms with Crippen molar-refractivity contribution in [3.63, 3.8) is 0 Å². The van der Waals surface area contributed by atoms with E-state index in [1.54, 1.807) is 12.4 Å². The number of nitrogens with zero attached hydrogens (tertiary/aromatic N) is 2. The van der Waals surface area contributed by atoms with Gasteiger partial charge in [-0.2, -0.15) is 0 Å². The van der Waals surface area contributed by atoms with Crippen molar-refractivity contribution >= 4 is 28.7 Å². The first-order chi connectivity index (χ1) is 15.1. The van der Waals surface area contributed by atoms with Crippen LogP contribution in [0.25, 0.3) is 10.9 Å². The maximum Gasteiger partial charge on any atom is 0.324 e. The maximum atomic E-state index is 12.6. The molecule has 8 nitrogen and oxygen atoms in total. The van der Waals surface area contributed by atoms with Crippen LogP contribution in [0.1, 0.15) is 24.0 Å². The van der Waals surface area contributed by atoms with Crippen LogP contribution >= 0.6 is 0 Å². The molecule has 0 saturated carbocycles. The van der Waals surface area contributed by atoms with Gasteiger partial charge >= 0.3 is 6.03 Å². The van der Waals surface area contributed by atoms with Crippen molar-refractivity contribution in [2.24, 2.45) is 0 Å². The van der Waals surface area contributed by atoms with E-state index in [2.05, 4.69) is 20.6 Å². The first kappa shape index (κ1) is 20.6. The smallest absolute Gasteiger partial charge is 0.324 e. The van der Waals surface area contributed by atoms with Crippen LogP contribution < -0.4 is 10.6 Å². The van der Waals surface area contributed by atoms with Crippen molar-refractivity contribution in [2.45, 2.75) is 31.7 Å². The predicted molar refractivity (Wildman–Crippen MR) is 116 cm³/mol. The second-order valence-electron chi connectivity index (χ2n) is 7.60. The second kappa shape index (κ2) is 9.42. The quantitative estimate of drug-likeness (QED) is 0.462. The number of hydrogen-bond acceptors (Lipinski definition) is 4. The molecule has 0 radical (unpaired) electrons. The number of carbonyl (C=O) groups is 3. The fourth-order valence-electron chi connectivity index (χ4n) is 3.81. The van der Waals surface area contributed by atoms with Gasteiger partial charge in [-0.3, -0.25) is 19.5 Å². The lowest BCUT2D eigenvalue weighted by Crippen LogP contribution is -2.34. The Morgan fingerprint density at radius 3 is 2.74 bits per heavy atom. The van der Waals surface area contributed by atoms with Gasteiger partial charge in [-0.05, 0) is 48.6 Å². The fourth-order valence-corrected chi connectivity index (χ4v) is 3.81. The van der Waals surface area contributed by atoms with Gasteiger partial charge in [0.05, 0.1) is 0 Å². The van der Waals surface area contributed by atoms with E-state index in [1.807, 2.05) is 42.6 Å². The van der Waals surface area contributed by atoms with Gasteiger partial charge in [0.15, 0.2) is 0 Å². The average molecular weight is 419 g/mol. The highest BCUT2D eigenvalue weighted by atomic mass is 16.2. The minimum absolute atomic E-state index is 0.131. The van der Waals surface area contributed by atoms with Crippen LogP contribution in [-0.4, -0.2) is 51.8 Å². The van der Waals surface area contributed by atoms with Crippen molar-refractivity contribution < 1.29 is 14.4 Å². The number of para-hydroxylation sites is 1. The number of nitrogens with one attached hydrogen (secondary N) is 3. The number of aromatic nitrogens is 2. The SMILES string of the molecule is O=C(CC[C@H]1NC(=O)N(CCc2c[nH]c3ccccc23)C1=O)NCCc1ccncc1. The summed E-state index contributed by atoms with van der Waals surface area (Å²) in [5, 5.41) is 6.65. The van der Waals surface area contributed by atoms with Crippen LogP contribution in [0.3, 0.4) is 0 Å². The molecule has 8 heteroatoms. The van der Waals surface area contributed by atoms with Crippen LogP contribution in [-0.2, 0) is 22.4 Å². The molecule has 4 amide bonds. The molecule has 4 rings (SSSR count). The van der Waals surface area contributed by atoms with Crippen molar-refractivity contribution in [1.82, 2.24) is 25.5 Å². The van der Waals surface area contributed by atoms with Crippen LogP contribution in [0.15, 0.2) is 55.0 Å². The van der Waals surface area contributed by atoms with Gasteiger partial charge in [0.2, 0.25) is 5.91 Å². The van der Waals surface area contributed by atoms with Crippen molar-refractivity contribution in [2.75, 3.05) is 13.1 Å². The summed E-state index contributed by atoms with van der Waals surface area (Å²) in [7, 11) is 0. The van der Waals surface area contributed by atoms with Crippen LogP contribution in [0.2, 0.25) is 0 Å². The Morgan fingerprint density at radius 2 is 1.90 bits per heavy atom. The fraction of sp³-hybridized carbons (Fsp3) is 0.304. The molecule has 0 spiro atoms. The Morgan fingerprint density at radius 1 is 1.10 bits per heavy atom. The Hall–Kier alpha value is -3.68. The summed E-state index contributed by atoms with van der Waals surface area (Å²) in [6.07, 6.45) is 7.11. The molecule has 0 unspecified atom stereocenters. The number of rotatable bonds is 9. The largest absolute Gasteiger partial charge is 0.361 e. The molecule has 160 valence electrons. The molecular weight excluding hydrogens is 394 g/mol. The summed E-state index contributed by atoms with van der Waals surface area (Å²) < 4.78 is 0. The van der Waals surface area contributed by atoms with Crippen molar-refractivity contribution in [3.05, 3.63) is 66.1 Å². The summed E-state index contributed by atoms with van der Waals surface area (Å²) in [4.78, 5) is 45.4. The van der Waals surface area contributed by atoms with Crippen LogP contribution in [0, 0.1) is 0 Å². The molecule has 1 atom stereocenters. The number of benzene rings is 1. The van der Waals surface area contributed by atoms with Gasteiger partial charge in [-0.1, -0.05) is 18.2 Å². The third-order valence-electron chi connectivity index (χ3n) is 5.53. The minimum Gasteiger partial charge on any atom is -0.361 e. The lowest BCUT2D eigenvalue weighted by atomic mass is 10.1. The zero-order chi connectivity index (χ0) is 21.6. The monoisotopic (exact) mass is 419 g/mol. The molecule has 1 aliphatic heterocycles. The highest BCUT2D eigenvalue weighted by Gasteiger charge is 2.37. The molecule has 1 fully saturated rings. The standard InChI is InChI=1S/C23H25N5O3/c29-21(25-13-9-16-7-11-24-12-8-16)6-5-20-22(30)28(23(31)27-20)14-10-17-15-26-19-4-2-1-3-18(17)19/h1-4,7-8,11-12,15,20,26H,5-6,9-10,13-14H2,(H,25,29)(H,27,31)/t20-/m1/s1. The van der Waals surface area contributed by atoms with E-state index < -0.39 is 12.1 Å². The number of H-pyrrole nitrogens is 1. The van der Waals surface area contributed by atoms with E-state index >= 15 is 0 Å². The number of amides is 4. The van der Waals surface area contributed by atoms with Crippen molar-refractivity contribution in [1.29, 1.82) is 0 Å². The highest BCUT2D eigenvalue weighted by molar-refractivity contribution is 6.04. The molecule has 0 bridgehead atoms. The molecule has 0 aliphatic carbocycles. The number of aromatic amines is 1. The molecule has 3 heterocycles. The molecule has 2 aromatic heterocycles. The summed E-state index contributed by atoms with van der Waals surface area (Å²) in [6, 6.07) is 10.7. The van der Waals surface area contributed by atoms with Gasteiger partial charge in [0, 0.05) is 49.0 Å². The van der Waals surface area contributed by atoms with E-state index in [4.69, 9.17) is 0 Å². The Labute approximate surface area is 180 Å². The third kappa shape index (κ3) is 4.91. The van der Waals surface area contributed by atoms with E-state index in [0.717, 1.165) is 28.5 Å². The molecule has 3 aromatic rings. The zero-order valence-electron chi connectivity index (χ0n) is 17.1. The first-order valence-electron chi connectivity index (χ1n) is 10.4. The molecule has 1 aromatic carbocycles. The molecular formula is C23H25N5O3. The summed E-state index contributed by atoms with van der Waals surface area (Å²) in [5.41, 5.74) is 3.19. The maximum absolute atomic E-state index is 12.6. The Bertz CT molecular complexity index is 1080. The van der Waals surface area contributed by atoms with Crippen LogP contribution in [0.5, 0.6) is 0 Å². The Kier molecular flexibility index (Phi) is 6.26. The molecule has 3 N–H and O–H groups in total. The van der Waals surface area contributed by atoms with E-state index in [9.17, 15) is 14.4 Å². The van der Waals surface area contributed by atoms with E-state index in [1.165, 1.54) is 4.90 Å². The lowest BCUT2D eigenvalue weighted by molar-refractivity contribution is -0.127. The molecule has 1 saturated heterocycles. The highest BCUT2D eigenvalue weighted by Crippen LogP contribution is 2.19. The number of urea groups is 1. The summed E-state index contributed by atoms with van der Waals surface area (Å²) in [5.74, 6) is -0.400. The number of hydrogen-bond donors (Lipinski definition) is 3. The summed E-state index contributed by atoms with van der Waals surface area (Å²) in [6.45, 7) is 0.825. The number of pyridine rings is 1. The summed E-state index contributed by atoms with van der Waals surface area (Å²) >= 11 is 0. The van der Waals surface area contributed by atoms with Gasteiger partial charge in [-0.25, -0.2) is 4.79 Å². The number of fused-ring (bicyclic) bond motifs is 1. The topological polar surface area (TPSA) is 107 Å². The minimum atomic E-state index is -0.651. The zero-order valence-corrected chi connectivity index (χ0v) is 17.1. The average Bonchev–Trinajstić information content (AvgIpc) is 3.32. The molecule has 31 heavy (non-hydrogen) atoms. The van der Waals surface area contributed by atoms with Gasteiger partial charge in [-0.15, -0.1) is 0 Å². The van der Waals surface area contributed by atoms with E-state index in [0.29, 0.717) is 19.5 Å². The van der Waals surface area contributed by atoms with E-state index in [-0.39, 0.29) is 24.7 Å². The van der Waals surface area contributed by atoms with Gasteiger partial charge < -0.3 is 15.6 Å². The van der Waals surface area contributed by atoms with Crippen molar-refractivity contribution in [3.8, 4) is 0 Å². The lowest BCUT2D eigenvalue weighted by Gasteiger charge is -2.12. The predicted octanol–water partition coefficient (Wildman–Crippen LogP) is 2.16. The van der Waals surface area contributed by atoms with Gasteiger partial charge in [0.25, 0.3) is 5.91 Å². The Balaban J connectivity index is 1.23. The normalized spacial score (nSPS) is 16.0. The second-order valence-corrected chi connectivity index (χ2v) is 7.60. The van der Waals surface area contributed by atoms with Crippen LogP contribution in [0.4, 0.5) is 4.79 Å². The number of carbonyl (C=O) groups excluding carboxylic acids is 3.